The maximum Gasteiger partial charge on any atom is 0.323 e. The molecule has 0 aliphatic rings. The van der Waals surface area contributed by atoms with Crippen molar-refractivity contribution in [1.29, 1.82) is 0 Å². The minimum absolute atomic E-state index is 0.0476. The number of hydrogen-bond donors (Lipinski definition) is 3. The first kappa shape index (κ1) is 14.4. The molecule has 2 aromatic rings. The first-order valence-electron chi connectivity index (χ1n) is 5.53. The van der Waals surface area contributed by atoms with Crippen LogP contribution < -0.4 is 16.4 Å². The van der Waals surface area contributed by atoms with Crippen molar-refractivity contribution in [3.8, 4) is 0 Å². The van der Waals surface area contributed by atoms with Gasteiger partial charge in [-0.05, 0) is 36.4 Å². The average molecular weight is 314 g/mol. The zero-order chi connectivity index (χ0) is 14.7. The molecule has 0 bridgehead atoms. The van der Waals surface area contributed by atoms with Crippen molar-refractivity contribution < 1.29 is 9.18 Å². The lowest BCUT2D eigenvalue weighted by atomic mass is 10.2. The van der Waals surface area contributed by atoms with Crippen LogP contribution in [0.15, 0.2) is 36.4 Å². The minimum atomic E-state index is -0.544. The van der Waals surface area contributed by atoms with Crippen LogP contribution in [0, 0.1) is 5.82 Å². The van der Waals surface area contributed by atoms with Crippen LogP contribution in [0.4, 0.5) is 26.2 Å². The van der Waals surface area contributed by atoms with Crippen molar-refractivity contribution in [2.75, 3.05) is 16.4 Å². The lowest BCUT2D eigenvalue weighted by Crippen LogP contribution is -2.19. The molecule has 0 unspecified atom stereocenters. The van der Waals surface area contributed by atoms with E-state index in [0.29, 0.717) is 21.4 Å². The topological polar surface area (TPSA) is 67.1 Å². The van der Waals surface area contributed by atoms with E-state index in [9.17, 15) is 9.18 Å². The SMILES string of the molecule is Nc1cc(NC(=O)Nc2cc(Cl)cc(Cl)c2)ccc1F. The second kappa shape index (κ2) is 5.98. The lowest BCUT2D eigenvalue weighted by Gasteiger charge is -2.09. The van der Waals surface area contributed by atoms with Crippen molar-refractivity contribution in [3.63, 3.8) is 0 Å². The molecule has 2 rings (SSSR count). The summed E-state index contributed by atoms with van der Waals surface area (Å²) in [7, 11) is 0. The van der Waals surface area contributed by atoms with E-state index < -0.39 is 11.8 Å². The second-order valence-corrected chi connectivity index (χ2v) is 4.85. The molecule has 0 atom stereocenters. The predicted molar refractivity (Wildman–Crippen MR) is 79.9 cm³/mol. The molecule has 0 saturated carbocycles. The van der Waals surface area contributed by atoms with Gasteiger partial charge in [0.1, 0.15) is 5.82 Å². The summed E-state index contributed by atoms with van der Waals surface area (Å²) >= 11 is 11.6. The number of benzene rings is 2. The number of amides is 2. The van der Waals surface area contributed by atoms with Crippen molar-refractivity contribution in [3.05, 3.63) is 52.3 Å². The van der Waals surface area contributed by atoms with E-state index in [0.717, 1.165) is 0 Å². The summed E-state index contributed by atoms with van der Waals surface area (Å²) in [6, 6.07) is 8.01. The second-order valence-electron chi connectivity index (χ2n) is 3.97. The van der Waals surface area contributed by atoms with Crippen molar-refractivity contribution in [2.45, 2.75) is 0 Å². The summed E-state index contributed by atoms with van der Waals surface area (Å²) in [4.78, 5) is 11.8. The predicted octanol–water partition coefficient (Wildman–Crippen LogP) is 4.36. The number of anilines is 3. The molecule has 7 heteroatoms. The maximum atomic E-state index is 13.0. The zero-order valence-electron chi connectivity index (χ0n) is 10.1. The van der Waals surface area contributed by atoms with Gasteiger partial charge in [0.25, 0.3) is 0 Å². The van der Waals surface area contributed by atoms with Crippen molar-refractivity contribution in [1.82, 2.24) is 0 Å². The van der Waals surface area contributed by atoms with Crippen LogP contribution >= 0.6 is 23.2 Å². The fourth-order valence-electron chi connectivity index (χ4n) is 1.54. The van der Waals surface area contributed by atoms with E-state index in [1.54, 1.807) is 18.2 Å². The molecule has 0 heterocycles. The molecule has 4 N–H and O–H groups in total. The van der Waals surface area contributed by atoms with Gasteiger partial charge in [0, 0.05) is 21.4 Å². The smallest absolute Gasteiger partial charge is 0.323 e. The van der Waals surface area contributed by atoms with Crippen LogP contribution in [0.25, 0.3) is 0 Å². The third-order valence-corrected chi connectivity index (χ3v) is 2.81. The molecule has 0 aromatic heterocycles. The number of carbonyl (C=O) groups excluding carboxylic acids is 1. The Hall–Kier alpha value is -1.98. The third-order valence-electron chi connectivity index (χ3n) is 2.37. The third kappa shape index (κ3) is 3.76. The van der Waals surface area contributed by atoms with E-state index in [1.165, 1.54) is 18.2 Å². The van der Waals surface area contributed by atoms with E-state index in [2.05, 4.69) is 10.6 Å². The Morgan fingerprint density at radius 3 is 2.20 bits per heavy atom. The van der Waals surface area contributed by atoms with E-state index >= 15 is 0 Å². The highest BCUT2D eigenvalue weighted by atomic mass is 35.5. The number of nitrogens with one attached hydrogen (secondary N) is 2. The fraction of sp³-hybridized carbons (Fsp3) is 0. The molecule has 0 spiro atoms. The Kier molecular flexibility index (Phi) is 4.32. The minimum Gasteiger partial charge on any atom is -0.396 e. The number of carbonyl (C=O) groups is 1. The molecule has 0 radical (unpaired) electrons. The summed E-state index contributed by atoms with van der Waals surface area (Å²) in [6.07, 6.45) is 0. The zero-order valence-corrected chi connectivity index (χ0v) is 11.6. The number of rotatable bonds is 2. The molecule has 2 aromatic carbocycles. The lowest BCUT2D eigenvalue weighted by molar-refractivity contribution is 0.262. The number of nitrogen functional groups attached to an aromatic ring is 1. The van der Waals surface area contributed by atoms with Crippen LogP contribution in [0.1, 0.15) is 0 Å². The molecule has 2 amide bonds. The maximum absolute atomic E-state index is 13.0. The van der Waals surface area contributed by atoms with E-state index in [-0.39, 0.29) is 5.69 Å². The largest absolute Gasteiger partial charge is 0.396 e. The number of halogens is 3. The van der Waals surface area contributed by atoms with Gasteiger partial charge in [-0.3, -0.25) is 0 Å². The monoisotopic (exact) mass is 313 g/mol. The highest BCUT2D eigenvalue weighted by Gasteiger charge is 2.06. The van der Waals surface area contributed by atoms with E-state index in [1.807, 2.05) is 0 Å². The molecule has 104 valence electrons. The molecule has 0 saturated heterocycles. The van der Waals surface area contributed by atoms with Crippen LogP contribution in [0.5, 0.6) is 0 Å². The van der Waals surface area contributed by atoms with Gasteiger partial charge in [0.05, 0.1) is 5.69 Å². The normalized spacial score (nSPS) is 10.2. The Morgan fingerprint density at radius 2 is 1.60 bits per heavy atom. The molecular formula is C13H10Cl2FN3O. The Balaban J connectivity index is 2.06. The summed E-state index contributed by atoms with van der Waals surface area (Å²) in [5, 5.41) is 5.87. The molecular weight excluding hydrogens is 304 g/mol. The standard InChI is InChI=1S/C13H10Cl2FN3O/c14-7-3-8(15)5-10(4-7)19-13(20)18-9-1-2-11(16)12(17)6-9/h1-6H,17H2,(H2,18,19,20). The Morgan fingerprint density at radius 1 is 1.00 bits per heavy atom. The van der Waals surface area contributed by atoms with Gasteiger partial charge in [-0.1, -0.05) is 23.2 Å². The van der Waals surface area contributed by atoms with Gasteiger partial charge >= 0.3 is 6.03 Å². The van der Waals surface area contributed by atoms with Gasteiger partial charge < -0.3 is 16.4 Å². The van der Waals surface area contributed by atoms with Gasteiger partial charge in [0.2, 0.25) is 0 Å². The van der Waals surface area contributed by atoms with E-state index in [4.69, 9.17) is 28.9 Å². The summed E-state index contributed by atoms with van der Waals surface area (Å²) < 4.78 is 13.0. The first-order chi connectivity index (χ1) is 9.44. The number of urea groups is 1. The molecule has 20 heavy (non-hydrogen) atoms. The van der Waals surface area contributed by atoms with Gasteiger partial charge in [-0.2, -0.15) is 0 Å². The van der Waals surface area contributed by atoms with Crippen molar-refractivity contribution in [2.24, 2.45) is 0 Å². The highest BCUT2D eigenvalue weighted by molar-refractivity contribution is 6.35. The average Bonchev–Trinajstić information content (AvgIpc) is 2.32. The molecule has 4 nitrogen and oxygen atoms in total. The Bertz CT molecular complexity index is 644. The quantitative estimate of drug-likeness (QED) is 0.721. The van der Waals surface area contributed by atoms with Gasteiger partial charge in [0.15, 0.2) is 0 Å². The molecule has 0 aliphatic carbocycles. The van der Waals surface area contributed by atoms with Crippen LogP contribution in [-0.2, 0) is 0 Å². The van der Waals surface area contributed by atoms with Crippen LogP contribution in [0.2, 0.25) is 10.0 Å². The van der Waals surface area contributed by atoms with Crippen LogP contribution in [0.3, 0.4) is 0 Å². The summed E-state index contributed by atoms with van der Waals surface area (Å²) in [6.45, 7) is 0. The Labute approximate surface area is 124 Å². The molecule has 0 aliphatic heterocycles. The summed E-state index contributed by atoms with van der Waals surface area (Å²) in [5.41, 5.74) is 6.17. The number of hydrogen-bond acceptors (Lipinski definition) is 2. The molecule has 0 fully saturated rings. The van der Waals surface area contributed by atoms with Gasteiger partial charge in [-0.25, -0.2) is 9.18 Å². The fourth-order valence-corrected chi connectivity index (χ4v) is 2.07. The van der Waals surface area contributed by atoms with Crippen molar-refractivity contribution >= 4 is 46.3 Å². The van der Waals surface area contributed by atoms with Crippen LogP contribution in [-0.4, -0.2) is 6.03 Å². The first-order valence-corrected chi connectivity index (χ1v) is 6.29. The summed E-state index contributed by atoms with van der Waals surface area (Å²) in [5.74, 6) is -0.544. The highest BCUT2D eigenvalue weighted by Crippen LogP contribution is 2.23. The van der Waals surface area contributed by atoms with Gasteiger partial charge in [-0.15, -0.1) is 0 Å². The number of nitrogens with two attached hydrogens (primary N) is 1.